The van der Waals surface area contributed by atoms with Gasteiger partial charge < -0.3 is 10.4 Å². The normalized spacial score (nSPS) is 15.1. The first-order valence-electron chi connectivity index (χ1n) is 6.22. The average molecular weight is 348 g/mol. The minimum absolute atomic E-state index is 0.376. The average Bonchev–Trinajstić information content (AvgIpc) is 3.06. The molecule has 1 aromatic carbocycles. The van der Waals surface area contributed by atoms with Crippen molar-refractivity contribution in [3.05, 3.63) is 35.3 Å². The molecule has 0 saturated carbocycles. The molecule has 0 saturated heterocycles. The Hall–Kier alpha value is -1.64. The Balaban J connectivity index is 2.10. The lowest BCUT2D eigenvalue weighted by atomic mass is 10.0. The smallest absolute Gasteiger partial charge is 0.270 e. The van der Waals surface area contributed by atoms with Crippen LogP contribution in [-0.2, 0) is 4.79 Å². The van der Waals surface area contributed by atoms with Crippen molar-refractivity contribution in [3.63, 3.8) is 0 Å². The summed E-state index contributed by atoms with van der Waals surface area (Å²) in [5, 5.41) is 20.4. The number of amides is 1. The van der Waals surface area contributed by atoms with Gasteiger partial charge in [0.25, 0.3) is 11.5 Å². The third kappa shape index (κ3) is 3.96. The molecule has 1 aromatic heterocycles. The fourth-order valence-electron chi connectivity index (χ4n) is 1.80. The number of carbonyl (C=O) groups excluding carboxylic acids is 1. The number of rotatable bonds is 6. The second kappa shape index (κ2) is 7.57. The first-order chi connectivity index (χ1) is 10.5. The Morgan fingerprint density at radius 1 is 1.41 bits per heavy atom. The summed E-state index contributed by atoms with van der Waals surface area (Å²) in [6.07, 6.45) is -1.33. The van der Waals surface area contributed by atoms with Gasteiger partial charge in [-0.25, -0.2) is 8.78 Å². The predicted molar refractivity (Wildman–Crippen MR) is 79.0 cm³/mol. The molecule has 0 bridgehead atoms. The maximum Gasteiger partial charge on any atom is 0.270 e. The largest absolute Gasteiger partial charge is 0.386 e. The molecule has 0 aliphatic heterocycles. The summed E-state index contributed by atoms with van der Waals surface area (Å²) >= 11 is 6.32. The fourth-order valence-corrected chi connectivity index (χ4v) is 2.43. The molecule has 0 aliphatic carbocycles. The highest BCUT2D eigenvalue weighted by Gasteiger charge is 2.25. The molecule has 3 atom stereocenters. The van der Waals surface area contributed by atoms with Gasteiger partial charge in [-0.3, -0.25) is 4.79 Å². The quantitative estimate of drug-likeness (QED) is 0.786. The van der Waals surface area contributed by atoms with Crippen molar-refractivity contribution >= 4 is 28.8 Å². The number of halogens is 3. The van der Waals surface area contributed by atoms with Crippen LogP contribution in [0.3, 0.4) is 0 Å². The molecule has 0 radical (unpaired) electrons. The van der Waals surface area contributed by atoms with E-state index in [1.54, 1.807) is 29.8 Å². The number of benzene rings is 1. The lowest BCUT2D eigenvalue weighted by molar-refractivity contribution is -0.125. The van der Waals surface area contributed by atoms with Gasteiger partial charge in [-0.05, 0) is 5.56 Å². The Kier molecular flexibility index (Phi) is 5.76. The number of alkyl halides is 3. The van der Waals surface area contributed by atoms with Crippen LogP contribution >= 0.6 is 22.9 Å². The molecule has 9 heteroatoms. The number of aromatic nitrogens is 2. The standard InChI is InChI=1S/C13H12ClF2N3O2S/c14-11(16)12(21)18-9(5-15)10(20)7-1-3-8(4-2-7)13-19-17-6-22-13/h1-4,6,9-11,20H,5H2,(H,18,21)/t9-,10-,11?/m1/s1. The van der Waals surface area contributed by atoms with E-state index in [-0.39, 0.29) is 0 Å². The summed E-state index contributed by atoms with van der Waals surface area (Å²) in [7, 11) is 0. The van der Waals surface area contributed by atoms with Crippen LogP contribution in [-0.4, -0.2) is 39.6 Å². The van der Waals surface area contributed by atoms with Crippen LogP contribution in [0.4, 0.5) is 8.78 Å². The molecule has 0 aliphatic rings. The van der Waals surface area contributed by atoms with E-state index in [9.17, 15) is 18.7 Å². The minimum atomic E-state index is -2.29. The molecule has 22 heavy (non-hydrogen) atoms. The van der Waals surface area contributed by atoms with Gasteiger partial charge in [0.1, 0.15) is 23.3 Å². The van der Waals surface area contributed by atoms with E-state index in [0.717, 1.165) is 5.56 Å². The predicted octanol–water partition coefficient (Wildman–Crippen LogP) is 2.23. The van der Waals surface area contributed by atoms with E-state index in [4.69, 9.17) is 11.6 Å². The number of nitrogens with one attached hydrogen (secondary N) is 1. The number of aliphatic hydroxyl groups is 1. The topological polar surface area (TPSA) is 75.1 Å². The minimum Gasteiger partial charge on any atom is -0.386 e. The number of nitrogens with zero attached hydrogens (tertiary/aromatic N) is 2. The van der Waals surface area contributed by atoms with Crippen molar-refractivity contribution in [2.75, 3.05) is 6.67 Å². The molecule has 0 fully saturated rings. The molecule has 1 amide bonds. The van der Waals surface area contributed by atoms with E-state index < -0.39 is 30.4 Å². The van der Waals surface area contributed by atoms with Crippen molar-refractivity contribution in [2.24, 2.45) is 0 Å². The molecule has 118 valence electrons. The maximum atomic E-state index is 13.0. The second-order valence-electron chi connectivity index (χ2n) is 4.38. The van der Waals surface area contributed by atoms with Gasteiger partial charge >= 0.3 is 0 Å². The Morgan fingerprint density at radius 2 is 2.09 bits per heavy atom. The molecule has 2 N–H and O–H groups in total. The zero-order valence-corrected chi connectivity index (χ0v) is 12.7. The fraction of sp³-hybridized carbons (Fsp3) is 0.308. The van der Waals surface area contributed by atoms with Crippen molar-refractivity contribution in [3.8, 4) is 10.6 Å². The Bertz CT molecular complexity index is 610. The SMILES string of the molecule is O=C(N[C@H](CF)[C@H](O)c1ccc(-c2nncs2)cc1)C(F)Cl. The number of hydrogen-bond acceptors (Lipinski definition) is 5. The molecule has 1 heterocycles. The van der Waals surface area contributed by atoms with Gasteiger partial charge in [0, 0.05) is 5.56 Å². The van der Waals surface area contributed by atoms with Crippen LogP contribution in [0.15, 0.2) is 29.8 Å². The molecule has 2 rings (SSSR count). The van der Waals surface area contributed by atoms with Crippen LogP contribution in [0.2, 0.25) is 0 Å². The van der Waals surface area contributed by atoms with Gasteiger partial charge in [0.2, 0.25) is 0 Å². The summed E-state index contributed by atoms with van der Waals surface area (Å²) in [5.74, 6) is -1.19. The van der Waals surface area contributed by atoms with Crippen molar-refractivity contribution in [1.29, 1.82) is 0 Å². The van der Waals surface area contributed by atoms with E-state index in [2.05, 4.69) is 10.2 Å². The van der Waals surface area contributed by atoms with Crippen LogP contribution in [0.1, 0.15) is 11.7 Å². The Morgan fingerprint density at radius 3 is 2.59 bits per heavy atom. The summed E-state index contributed by atoms with van der Waals surface area (Å²) in [6, 6.07) is 5.25. The summed E-state index contributed by atoms with van der Waals surface area (Å²) in [4.78, 5) is 11.1. The van der Waals surface area contributed by atoms with Crippen LogP contribution in [0.5, 0.6) is 0 Å². The van der Waals surface area contributed by atoms with Gasteiger partial charge in [-0.15, -0.1) is 10.2 Å². The van der Waals surface area contributed by atoms with E-state index >= 15 is 0 Å². The van der Waals surface area contributed by atoms with Crippen LogP contribution in [0.25, 0.3) is 10.6 Å². The number of hydrogen-bond donors (Lipinski definition) is 2. The van der Waals surface area contributed by atoms with E-state index in [0.29, 0.717) is 10.6 Å². The van der Waals surface area contributed by atoms with Crippen molar-refractivity contribution in [2.45, 2.75) is 17.8 Å². The lowest BCUT2D eigenvalue weighted by Crippen LogP contribution is -2.43. The van der Waals surface area contributed by atoms with Gasteiger partial charge in [-0.2, -0.15) is 0 Å². The first-order valence-corrected chi connectivity index (χ1v) is 7.53. The van der Waals surface area contributed by atoms with Gasteiger partial charge in [0.15, 0.2) is 0 Å². The molecule has 0 spiro atoms. The molecule has 5 nitrogen and oxygen atoms in total. The summed E-state index contributed by atoms with van der Waals surface area (Å²) in [6.45, 7) is -1.06. The van der Waals surface area contributed by atoms with Crippen molar-refractivity contribution in [1.82, 2.24) is 15.5 Å². The van der Waals surface area contributed by atoms with Crippen LogP contribution in [0, 0.1) is 0 Å². The summed E-state index contributed by atoms with van der Waals surface area (Å²) in [5.41, 5.74) is 0.470. The monoisotopic (exact) mass is 347 g/mol. The van der Waals surface area contributed by atoms with E-state index in [1.807, 2.05) is 5.32 Å². The maximum absolute atomic E-state index is 13.0. The highest BCUT2D eigenvalue weighted by atomic mass is 35.5. The molecular formula is C13H12ClF2N3O2S. The lowest BCUT2D eigenvalue weighted by Gasteiger charge is -2.22. The summed E-state index contributed by atoms with van der Waals surface area (Å²) < 4.78 is 25.6. The first kappa shape index (κ1) is 16.7. The molecule has 2 aromatic rings. The molecule has 1 unspecified atom stereocenters. The highest BCUT2D eigenvalue weighted by Crippen LogP contribution is 2.24. The van der Waals surface area contributed by atoms with Gasteiger partial charge in [-0.1, -0.05) is 47.2 Å². The third-order valence-electron chi connectivity index (χ3n) is 2.93. The van der Waals surface area contributed by atoms with E-state index in [1.165, 1.54) is 11.3 Å². The Labute approximate surface area is 134 Å². The molecular weight excluding hydrogens is 336 g/mol. The zero-order chi connectivity index (χ0) is 16.1. The second-order valence-corrected chi connectivity index (χ2v) is 5.60. The van der Waals surface area contributed by atoms with Gasteiger partial charge in [0.05, 0.1) is 6.04 Å². The van der Waals surface area contributed by atoms with Crippen LogP contribution < -0.4 is 5.32 Å². The third-order valence-corrected chi connectivity index (χ3v) is 3.87. The number of aliphatic hydroxyl groups excluding tert-OH is 1. The highest BCUT2D eigenvalue weighted by molar-refractivity contribution is 7.12. The zero-order valence-electron chi connectivity index (χ0n) is 11.1. The number of carbonyl (C=O) groups is 1. The van der Waals surface area contributed by atoms with Crippen molar-refractivity contribution < 1.29 is 18.7 Å².